The van der Waals surface area contributed by atoms with E-state index >= 15 is 0 Å². The third kappa shape index (κ3) is 7.82. The lowest BCUT2D eigenvalue weighted by atomic mass is 10.1. The van der Waals surface area contributed by atoms with Crippen molar-refractivity contribution >= 4 is 44.8 Å². The van der Waals surface area contributed by atoms with E-state index in [1.54, 1.807) is 78.1 Å². The van der Waals surface area contributed by atoms with Crippen LogP contribution in [-0.2, 0) is 40.7 Å². The summed E-state index contributed by atoms with van der Waals surface area (Å²) in [6, 6.07) is 9.18. The maximum absolute atomic E-state index is 14.7. The van der Waals surface area contributed by atoms with Gasteiger partial charge in [-0.3, -0.25) is 5.32 Å². The summed E-state index contributed by atoms with van der Waals surface area (Å²) < 4.78 is 73.6. The van der Waals surface area contributed by atoms with E-state index in [-0.39, 0.29) is 17.2 Å². The highest BCUT2D eigenvalue weighted by atomic mass is 32.2. The Bertz CT molecular complexity index is 1790. The molecule has 0 bridgehead atoms. The molecule has 250 valence electrons. The summed E-state index contributed by atoms with van der Waals surface area (Å²) in [7, 11) is -6.98. The average molecular weight is 681 g/mol. The molecule has 3 aromatic rings. The Kier molecular flexibility index (Phi) is 10.8. The number of rotatable bonds is 13. The largest absolute Gasteiger partial charge is 0.496 e. The highest BCUT2D eigenvalue weighted by Crippen LogP contribution is 2.37. The molecule has 1 aromatic heterocycles. The van der Waals surface area contributed by atoms with Gasteiger partial charge in [0.2, 0.25) is 24.7 Å². The van der Waals surface area contributed by atoms with Gasteiger partial charge in [-0.1, -0.05) is 25.7 Å². The van der Waals surface area contributed by atoms with Gasteiger partial charge in [0.1, 0.15) is 5.75 Å². The molecule has 0 fully saturated rings. The van der Waals surface area contributed by atoms with Gasteiger partial charge in [-0.15, -0.1) is 0 Å². The number of fused-ring (bicyclic) bond motifs is 1. The van der Waals surface area contributed by atoms with Crippen LogP contribution >= 0.6 is 0 Å². The van der Waals surface area contributed by atoms with E-state index < -0.39 is 51.0 Å². The Morgan fingerprint density at radius 2 is 1.60 bits per heavy atom. The number of esters is 1. The smallest absolute Gasteiger partial charge is 0.344 e. The van der Waals surface area contributed by atoms with Crippen molar-refractivity contribution in [3.05, 3.63) is 58.8 Å². The first kappa shape index (κ1) is 36.8. The molecule has 45 heavy (non-hydrogen) atoms. The van der Waals surface area contributed by atoms with Crippen molar-refractivity contribution in [2.24, 2.45) is 0 Å². The molecule has 1 N–H and O–H groups in total. The average Bonchev–Trinajstić information content (AvgIpc) is 3.37. The van der Waals surface area contributed by atoms with E-state index in [0.29, 0.717) is 45.0 Å². The summed E-state index contributed by atoms with van der Waals surface area (Å²) in [6.07, 6.45) is 1.54. The molecule has 0 radical (unpaired) electrons. The number of carbonyl (C=O) groups is 1. The quantitative estimate of drug-likeness (QED) is 0.188. The van der Waals surface area contributed by atoms with Crippen molar-refractivity contribution in [3.63, 3.8) is 0 Å². The number of aryl methyl sites for hydroxylation is 1. The van der Waals surface area contributed by atoms with E-state index in [1.807, 2.05) is 0 Å². The molecule has 10 nitrogen and oxygen atoms in total. The number of hydrogen-bond acceptors (Lipinski definition) is 9. The predicted octanol–water partition coefficient (Wildman–Crippen LogP) is 5.34. The molecule has 1 atom stereocenters. The number of ether oxygens (including phenoxy) is 3. The second kappa shape index (κ2) is 13.2. The number of hydrogen-bond donors (Lipinski definition) is 1. The number of aromatic nitrogens is 1. The minimum Gasteiger partial charge on any atom is -0.496 e. The maximum atomic E-state index is 14.7. The molecule has 0 aliphatic heterocycles. The molecule has 0 saturated carbocycles. The zero-order valence-corrected chi connectivity index (χ0v) is 31.0. The Labute approximate surface area is 269 Å². The molecule has 0 amide bonds. The van der Waals surface area contributed by atoms with Crippen LogP contribution in [0.15, 0.2) is 41.4 Å². The third-order valence-electron chi connectivity index (χ3n) is 7.86. The molecule has 13 heteroatoms. The van der Waals surface area contributed by atoms with Crippen LogP contribution < -0.4 is 10.1 Å². The minimum absolute atomic E-state index is 0.00716. The number of carbonyl (C=O) groups excluding carboxylic acids is 1. The van der Waals surface area contributed by atoms with Crippen molar-refractivity contribution in [3.8, 4) is 5.75 Å². The molecule has 0 aliphatic rings. The molecule has 3 rings (SSSR count). The second-order valence-electron chi connectivity index (χ2n) is 13.7. The summed E-state index contributed by atoms with van der Waals surface area (Å²) in [6.45, 7) is 16.2. The number of nitrogens with one attached hydrogen (secondary N) is 1. The zero-order chi connectivity index (χ0) is 34.2. The Hall–Kier alpha value is -2.71. The second-order valence-corrected chi connectivity index (χ2v) is 23.4. The monoisotopic (exact) mass is 680 g/mol. The van der Waals surface area contributed by atoms with Gasteiger partial charge in [0, 0.05) is 26.2 Å². The van der Waals surface area contributed by atoms with Gasteiger partial charge in [-0.25, -0.2) is 25.6 Å². The fraction of sp³-hybridized carbons (Fsp3) is 0.531. The number of benzene rings is 2. The lowest BCUT2D eigenvalue weighted by Crippen LogP contribution is -2.62. The summed E-state index contributed by atoms with van der Waals surface area (Å²) >= 11 is 0. The van der Waals surface area contributed by atoms with Crippen LogP contribution in [0.3, 0.4) is 0 Å². The zero-order valence-electron chi connectivity index (χ0n) is 28.3. The SMILES string of the molecule is COC(=O)C(COC(C)(C)C)(NCc1ccc2c(ccn2S(=O)(=O)CC[Si](C)(C)C)c1)S(=O)(=O)c1c(C)cc(OC)c(C)c1C. The van der Waals surface area contributed by atoms with Crippen LogP contribution in [0.4, 0.5) is 0 Å². The fourth-order valence-corrected chi connectivity index (χ4v) is 11.6. The summed E-state index contributed by atoms with van der Waals surface area (Å²) in [5, 5.41) is 3.68. The first-order valence-electron chi connectivity index (χ1n) is 14.8. The van der Waals surface area contributed by atoms with Crippen LogP contribution in [0, 0.1) is 20.8 Å². The predicted molar refractivity (Wildman–Crippen MR) is 181 cm³/mol. The summed E-state index contributed by atoms with van der Waals surface area (Å²) in [5.74, 6) is -0.416. The summed E-state index contributed by atoms with van der Waals surface area (Å²) in [5.41, 5.74) is 1.89. The van der Waals surface area contributed by atoms with E-state index in [4.69, 9.17) is 14.2 Å². The standard InChI is InChI=1S/C32H48N2O8S2Si/c1-22-18-28(40-7)23(2)24(3)29(22)44(38,39)32(30(35)41-8,21-42-31(4,5)6)33-20-25-12-13-27-26(19-25)14-15-34(27)43(36,37)16-17-45(9,10)11/h12-15,18-19,33H,16-17,20-21H2,1-11H3. The van der Waals surface area contributed by atoms with Crippen LogP contribution in [0.2, 0.25) is 25.7 Å². The molecule has 0 spiro atoms. The lowest BCUT2D eigenvalue weighted by Gasteiger charge is -2.35. The Morgan fingerprint density at radius 1 is 0.956 bits per heavy atom. The van der Waals surface area contributed by atoms with Gasteiger partial charge < -0.3 is 14.2 Å². The van der Waals surface area contributed by atoms with Crippen LogP contribution in [-0.4, -0.2) is 71.9 Å². The van der Waals surface area contributed by atoms with Gasteiger partial charge >= 0.3 is 5.97 Å². The van der Waals surface area contributed by atoms with E-state index in [1.165, 1.54) is 11.1 Å². The van der Waals surface area contributed by atoms with Crippen molar-refractivity contribution in [1.82, 2.24) is 9.29 Å². The molecule has 1 unspecified atom stereocenters. The Morgan fingerprint density at radius 3 is 2.16 bits per heavy atom. The van der Waals surface area contributed by atoms with Crippen molar-refractivity contribution in [2.45, 2.75) is 89.1 Å². The van der Waals surface area contributed by atoms with Crippen molar-refractivity contribution < 1.29 is 35.8 Å². The van der Waals surface area contributed by atoms with Gasteiger partial charge in [-0.2, -0.15) is 0 Å². The number of nitrogens with zero attached hydrogens (tertiary/aromatic N) is 1. The number of methoxy groups -OCH3 is 2. The van der Waals surface area contributed by atoms with E-state index in [9.17, 15) is 21.6 Å². The molecular formula is C32H48N2O8S2Si. The van der Waals surface area contributed by atoms with E-state index in [0.717, 1.165) is 7.11 Å². The highest BCUT2D eigenvalue weighted by molar-refractivity contribution is 7.93. The van der Waals surface area contributed by atoms with Crippen molar-refractivity contribution in [1.29, 1.82) is 0 Å². The normalized spacial score (nSPS) is 14.4. The molecule has 0 aliphatic carbocycles. The molecule has 0 saturated heterocycles. The third-order valence-corrected chi connectivity index (χ3v) is 14.1. The van der Waals surface area contributed by atoms with Gasteiger partial charge in [0.25, 0.3) is 0 Å². The Balaban J connectivity index is 2.11. The first-order chi connectivity index (χ1) is 20.6. The van der Waals surface area contributed by atoms with Crippen molar-refractivity contribution in [2.75, 3.05) is 26.6 Å². The first-order valence-corrected chi connectivity index (χ1v) is 21.6. The minimum atomic E-state index is -4.50. The molecular weight excluding hydrogens is 633 g/mol. The lowest BCUT2D eigenvalue weighted by molar-refractivity contribution is -0.149. The number of sulfone groups is 1. The van der Waals surface area contributed by atoms with E-state index in [2.05, 4.69) is 25.0 Å². The van der Waals surface area contributed by atoms with Crippen LogP contribution in [0.25, 0.3) is 10.9 Å². The van der Waals surface area contributed by atoms with Crippen LogP contribution in [0.5, 0.6) is 5.75 Å². The van der Waals surface area contributed by atoms with Gasteiger partial charge in [-0.05, 0) is 94.1 Å². The maximum Gasteiger partial charge on any atom is 0.344 e. The van der Waals surface area contributed by atoms with Gasteiger partial charge in [0.05, 0.1) is 42.6 Å². The fourth-order valence-electron chi connectivity index (χ4n) is 5.07. The van der Waals surface area contributed by atoms with Gasteiger partial charge in [0.15, 0.2) is 0 Å². The highest BCUT2D eigenvalue weighted by Gasteiger charge is 2.54. The topological polar surface area (TPSA) is 130 Å². The summed E-state index contributed by atoms with van der Waals surface area (Å²) in [4.78, 5) is 11.3. The molecule has 2 aromatic carbocycles. The molecule has 1 heterocycles. The van der Waals surface area contributed by atoms with Crippen LogP contribution in [0.1, 0.15) is 43.0 Å².